The molecule has 0 aliphatic carbocycles. The zero-order valence-electron chi connectivity index (χ0n) is 12.1. The molecule has 0 amide bonds. The minimum atomic E-state index is 0.600. The van der Waals surface area contributed by atoms with Gasteiger partial charge in [-0.05, 0) is 44.0 Å². The van der Waals surface area contributed by atoms with Crippen LogP contribution in [0, 0.1) is 13.8 Å². The normalized spacial score (nSPS) is 11.2. The molecule has 19 heavy (non-hydrogen) atoms. The van der Waals surface area contributed by atoms with E-state index in [0.29, 0.717) is 13.2 Å². The number of rotatable bonds is 7. The van der Waals surface area contributed by atoms with E-state index in [1.807, 2.05) is 31.2 Å². The average molecular weight is 262 g/mol. The van der Waals surface area contributed by atoms with E-state index in [-0.39, 0.29) is 0 Å². The van der Waals surface area contributed by atoms with Crippen molar-refractivity contribution in [3.63, 3.8) is 0 Å². The van der Waals surface area contributed by atoms with Gasteiger partial charge in [0.15, 0.2) is 0 Å². The lowest BCUT2D eigenvalue weighted by atomic mass is 10.1. The Morgan fingerprint density at radius 3 is 2.53 bits per heavy atom. The van der Waals surface area contributed by atoms with Crippen LogP contribution in [0.15, 0.2) is 29.4 Å². The van der Waals surface area contributed by atoms with Crippen LogP contribution >= 0.6 is 0 Å². The second-order valence-corrected chi connectivity index (χ2v) is 4.16. The first kappa shape index (κ1) is 15.1. The molecule has 104 valence electrons. The second-order valence-electron chi connectivity index (χ2n) is 4.16. The Bertz CT molecular complexity index is 430. The summed E-state index contributed by atoms with van der Waals surface area (Å²) in [7, 11) is 1.53. The lowest BCUT2D eigenvalue weighted by molar-refractivity contribution is 0.215. The summed E-state index contributed by atoms with van der Waals surface area (Å²) < 4.78 is 5.65. The van der Waals surface area contributed by atoms with Crippen LogP contribution < -0.4 is 10.1 Å². The van der Waals surface area contributed by atoms with Crippen molar-refractivity contribution in [2.24, 2.45) is 5.16 Å². The smallest absolute Gasteiger partial charge is 0.120 e. The van der Waals surface area contributed by atoms with Crippen LogP contribution in [0.1, 0.15) is 18.1 Å². The fourth-order valence-electron chi connectivity index (χ4n) is 1.79. The first-order valence-electron chi connectivity index (χ1n) is 6.33. The van der Waals surface area contributed by atoms with Crippen molar-refractivity contribution in [1.82, 2.24) is 0 Å². The van der Waals surface area contributed by atoms with E-state index < -0.39 is 0 Å². The zero-order valence-corrected chi connectivity index (χ0v) is 12.1. The maximum absolute atomic E-state index is 5.65. The van der Waals surface area contributed by atoms with Gasteiger partial charge in [-0.2, -0.15) is 0 Å². The summed E-state index contributed by atoms with van der Waals surface area (Å²) in [6.45, 7) is 7.34. The number of oxime groups is 1. The van der Waals surface area contributed by atoms with Crippen LogP contribution in [0.2, 0.25) is 0 Å². The minimum Gasteiger partial charge on any atom is -0.490 e. The van der Waals surface area contributed by atoms with Crippen LogP contribution in [0.3, 0.4) is 0 Å². The number of allylic oxidation sites excluding steroid dienone is 1. The van der Waals surface area contributed by atoms with Crippen molar-refractivity contribution < 1.29 is 9.57 Å². The maximum atomic E-state index is 5.65. The van der Waals surface area contributed by atoms with Gasteiger partial charge in [-0.1, -0.05) is 17.3 Å². The number of nitrogens with zero attached hydrogens (tertiary/aromatic N) is 1. The van der Waals surface area contributed by atoms with Gasteiger partial charge in [0.05, 0.1) is 12.8 Å². The Kier molecular flexibility index (Phi) is 6.50. The molecule has 0 saturated heterocycles. The number of ether oxygens (including phenoxy) is 1. The van der Waals surface area contributed by atoms with Crippen LogP contribution in [0.5, 0.6) is 5.75 Å². The van der Waals surface area contributed by atoms with Crippen LogP contribution in [-0.2, 0) is 4.84 Å². The quantitative estimate of drug-likeness (QED) is 0.466. The lowest BCUT2D eigenvalue weighted by Gasteiger charge is -2.13. The highest BCUT2D eigenvalue weighted by atomic mass is 16.6. The number of hydrogen-bond donors (Lipinski definition) is 1. The van der Waals surface area contributed by atoms with Crippen molar-refractivity contribution in [1.29, 1.82) is 0 Å². The van der Waals surface area contributed by atoms with E-state index in [1.54, 1.807) is 6.21 Å². The van der Waals surface area contributed by atoms with Crippen LogP contribution in [-0.4, -0.2) is 26.5 Å². The number of aryl methyl sites for hydroxylation is 2. The van der Waals surface area contributed by atoms with Crippen molar-refractivity contribution in [3.05, 3.63) is 35.4 Å². The highest BCUT2D eigenvalue weighted by Gasteiger charge is 2.04. The Morgan fingerprint density at radius 1 is 1.26 bits per heavy atom. The number of nitrogens with one attached hydrogen (secondary N) is 1. The van der Waals surface area contributed by atoms with Gasteiger partial charge in [0.25, 0.3) is 0 Å². The Labute approximate surface area is 115 Å². The van der Waals surface area contributed by atoms with Crippen LogP contribution in [0.25, 0.3) is 0 Å². The second kappa shape index (κ2) is 8.19. The molecule has 0 unspecified atom stereocenters. The van der Waals surface area contributed by atoms with E-state index in [4.69, 9.17) is 4.74 Å². The van der Waals surface area contributed by atoms with E-state index in [9.17, 15) is 0 Å². The molecular formula is C15H22N2O2. The molecule has 4 nitrogen and oxygen atoms in total. The molecule has 0 spiro atoms. The van der Waals surface area contributed by atoms with E-state index in [2.05, 4.69) is 29.2 Å². The van der Waals surface area contributed by atoms with E-state index in [0.717, 1.165) is 22.6 Å². The molecule has 1 rings (SSSR count). The number of hydrogen-bond acceptors (Lipinski definition) is 4. The molecule has 0 aliphatic heterocycles. The molecule has 0 atom stereocenters. The topological polar surface area (TPSA) is 42.8 Å². The van der Waals surface area contributed by atoms with Crippen molar-refractivity contribution in [2.45, 2.75) is 20.8 Å². The summed E-state index contributed by atoms with van der Waals surface area (Å²) in [5.74, 6) is 0.893. The van der Waals surface area contributed by atoms with Gasteiger partial charge in [0.1, 0.15) is 19.5 Å². The molecule has 0 heterocycles. The van der Waals surface area contributed by atoms with E-state index >= 15 is 0 Å². The van der Waals surface area contributed by atoms with Gasteiger partial charge >= 0.3 is 0 Å². The summed E-state index contributed by atoms with van der Waals surface area (Å²) in [6.07, 6.45) is 5.65. The highest BCUT2D eigenvalue weighted by molar-refractivity contribution is 5.67. The Hall–Kier alpha value is -1.97. The minimum absolute atomic E-state index is 0.600. The largest absolute Gasteiger partial charge is 0.490 e. The van der Waals surface area contributed by atoms with Gasteiger partial charge in [-0.15, -0.1) is 0 Å². The SMILES string of the molecule is C/C=C/COc1cc(C)c(NCC=NOC)c(C)c1. The molecule has 1 N–H and O–H groups in total. The molecule has 1 aromatic carbocycles. The Morgan fingerprint density at radius 2 is 1.95 bits per heavy atom. The highest BCUT2D eigenvalue weighted by Crippen LogP contribution is 2.26. The van der Waals surface area contributed by atoms with Crippen molar-refractivity contribution in [3.8, 4) is 5.75 Å². The third-order valence-electron chi connectivity index (χ3n) is 2.64. The monoisotopic (exact) mass is 262 g/mol. The standard InChI is InChI=1S/C15H22N2O2/c1-5-6-9-19-14-10-12(2)15(13(3)11-14)16-7-8-17-18-4/h5-6,8,10-11,16H,7,9H2,1-4H3/b6-5+,17-8?. The van der Waals surface area contributed by atoms with Gasteiger partial charge in [-0.25, -0.2) is 0 Å². The summed E-state index contributed by atoms with van der Waals surface area (Å²) in [6, 6.07) is 4.07. The third-order valence-corrected chi connectivity index (χ3v) is 2.64. The molecule has 0 aliphatic rings. The van der Waals surface area contributed by atoms with E-state index in [1.165, 1.54) is 7.11 Å². The summed E-state index contributed by atoms with van der Waals surface area (Å²) in [5.41, 5.74) is 3.42. The summed E-state index contributed by atoms with van der Waals surface area (Å²) >= 11 is 0. The van der Waals surface area contributed by atoms with Crippen molar-refractivity contribution in [2.75, 3.05) is 25.6 Å². The first-order valence-corrected chi connectivity index (χ1v) is 6.33. The lowest BCUT2D eigenvalue weighted by Crippen LogP contribution is -2.06. The average Bonchev–Trinajstić information content (AvgIpc) is 2.37. The van der Waals surface area contributed by atoms with Gasteiger partial charge in [0.2, 0.25) is 0 Å². The summed E-state index contributed by atoms with van der Waals surface area (Å²) in [5, 5.41) is 7.01. The number of benzene rings is 1. The van der Waals surface area contributed by atoms with Gasteiger partial charge < -0.3 is 14.9 Å². The molecular weight excluding hydrogens is 240 g/mol. The predicted octanol–water partition coefficient (Wildman–Crippen LogP) is 3.30. The van der Waals surface area contributed by atoms with Crippen LogP contribution in [0.4, 0.5) is 5.69 Å². The molecule has 4 heteroatoms. The fourth-order valence-corrected chi connectivity index (χ4v) is 1.79. The first-order chi connectivity index (χ1) is 9.19. The van der Waals surface area contributed by atoms with Gasteiger partial charge in [-0.3, -0.25) is 0 Å². The fraction of sp³-hybridized carbons (Fsp3) is 0.400. The Balaban J connectivity index is 2.70. The van der Waals surface area contributed by atoms with Gasteiger partial charge in [0, 0.05) is 5.69 Å². The molecule has 0 radical (unpaired) electrons. The molecule has 0 fully saturated rings. The molecule has 0 saturated carbocycles. The third kappa shape index (κ3) is 5.04. The maximum Gasteiger partial charge on any atom is 0.120 e. The summed E-state index contributed by atoms with van der Waals surface area (Å²) in [4.78, 5) is 4.62. The van der Waals surface area contributed by atoms with Crippen molar-refractivity contribution >= 4 is 11.9 Å². The number of anilines is 1. The molecule has 0 bridgehead atoms. The predicted molar refractivity (Wildman–Crippen MR) is 80.2 cm³/mol. The zero-order chi connectivity index (χ0) is 14.1. The molecule has 0 aromatic heterocycles. The molecule has 1 aromatic rings.